The molecule has 5 heteroatoms. The van der Waals surface area contributed by atoms with Crippen molar-refractivity contribution in [3.63, 3.8) is 0 Å². The Balaban J connectivity index is 4.55. The van der Waals surface area contributed by atoms with Crippen LogP contribution in [0, 0.1) is 5.92 Å². The van der Waals surface area contributed by atoms with E-state index >= 15 is 0 Å². The Morgan fingerprint density at radius 1 is 0.938 bits per heavy atom. The first-order valence-corrected chi connectivity index (χ1v) is 5.41. The lowest BCUT2D eigenvalue weighted by atomic mass is 10.0. The zero-order valence-corrected chi connectivity index (χ0v) is 9.95. The van der Waals surface area contributed by atoms with Crippen LogP contribution in [0.15, 0.2) is 0 Å². The summed E-state index contributed by atoms with van der Waals surface area (Å²) in [5, 5.41) is 0. The third-order valence-corrected chi connectivity index (χ3v) is 1.97. The lowest BCUT2D eigenvalue weighted by molar-refractivity contribution is -0.163. The first-order chi connectivity index (χ1) is 7.56. The summed E-state index contributed by atoms with van der Waals surface area (Å²) in [4.78, 5) is 34.1. The van der Waals surface area contributed by atoms with Gasteiger partial charge >= 0.3 is 11.9 Å². The first kappa shape index (κ1) is 14.6. The molecule has 0 N–H and O–H groups in total. The number of Topliss-reactive ketones (excluding diaryl/α,β-unsaturated/α-hetero) is 1. The van der Waals surface area contributed by atoms with E-state index in [1.807, 2.05) is 0 Å². The average Bonchev–Trinajstić information content (AvgIpc) is 2.25. The minimum atomic E-state index is -1.12. The van der Waals surface area contributed by atoms with Gasteiger partial charge in [0.05, 0.1) is 13.2 Å². The normalized spacial score (nSPS) is 10.0. The van der Waals surface area contributed by atoms with E-state index in [4.69, 9.17) is 9.47 Å². The number of carbonyl (C=O) groups is 3. The molecule has 0 heterocycles. The van der Waals surface area contributed by atoms with Gasteiger partial charge in [0.25, 0.3) is 0 Å². The highest BCUT2D eigenvalue weighted by molar-refractivity contribution is 5.99. The lowest BCUT2D eigenvalue weighted by Crippen LogP contribution is -2.30. The minimum Gasteiger partial charge on any atom is -0.465 e. The molecule has 0 bridgehead atoms. The molecular weight excluding hydrogens is 212 g/mol. The molecule has 0 aromatic rings. The zero-order valence-electron chi connectivity index (χ0n) is 9.95. The van der Waals surface area contributed by atoms with Gasteiger partial charge in [-0.3, -0.25) is 14.4 Å². The summed E-state index contributed by atoms with van der Waals surface area (Å²) in [7, 11) is 0. The van der Waals surface area contributed by atoms with E-state index in [0.29, 0.717) is 0 Å². The molecule has 16 heavy (non-hydrogen) atoms. The van der Waals surface area contributed by atoms with Gasteiger partial charge in [-0.05, 0) is 13.8 Å². The molecule has 0 aliphatic rings. The van der Waals surface area contributed by atoms with Gasteiger partial charge in [0, 0.05) is 12.8 Å². The lowest BCUT2D eigenvalue weighted by Gasteiger charge is -2.13. The molecule has 0 atom stereocenters. The fourth-order valence-corrected chi connectivity index (χ4v) is 1.12. The van der Waals surface area contributed by atoms with Crippen LogP contribution in [0.5, 0.6) is 0 Å². The van der Waals surface area contributed by atoms with Crippen molar-refractivity contribution in [3.05, 3.63) is 0 Å². The van der Waals surface area contributed by atoms with Crippen LogP contribution in [-0.2, 0) is 23.9 Å². The summed E-state index contributed by atoms with van der Waals surface area (Å²) in [6.45, 7) is 5.31. The van der Waals surface area contributed by atoms with E-state index in [0.717, 1.165) is 0 Å². The van der Waals surface area contributed by atoms with Crippen molar-refractivity contribution in [2.45, 2.75) is 33.6 Å². The Bertz CT molecular complexity index is 241. The van der Waals surface area contributed by atoms with Gasteiger partial charge in [0.1, 0.15) is 5.78 Å². The molecule has 92 valence electrons. The summed E-state index contributed by atoms with van der Waals surface area (Å²) in [5.41, 5.74) is 0. The largest absolute Gasteiger partial charge is 0.465 e. The quantitative estimate of drug-likeness (QED) is 0.484. The Kier molecular flexibility index (Phi) is 7.16. The smallest absolute Gasteiger partial charge is 0.320 e. The molecule has 0 amide bonds. The number of ketones is 1. The number of hydrogen-bond donors (Lipinski definition) is 0. The van der Waals surface area contributed by atoms with Crippen LogP contribution in [0.1, 0.15) is 33.6 Å². The Labute approximate surface area is 95.1 Å². The van der Waals surface area contributed by atoms with E-state index in [-0.39, 0.29) is 31.8 Å². The van der Waals surface area contributed by atoms with Crippen molar-refractivity contribution in [1.82, 2.24) is 0 Å². The SMILES string of the molecule is CCOC(=O)C(CC(=O)CC)C(=O)OCC. The van der Waals surface area contributed by atoms with Crippen LogP contribution < -0.4 is 0 Å². The molecule has 0 spiro atoms. The highest BCUT2D eigenvalue weighted by atomic mass is 16.6. The Morgan fingerprint density at radius 3 is 1.69 bits per heavy atom. The van der Waals surface area contributed by atoms with Gasteiger partial charge in [-0.15, -0.1) is 0 Å². The van der Waals surface area contributed by atoms with E-state index in [2.05, 4.69) is 0 Å². The van der Waals surface area contributed by atoms with Crippen molar-refractivity contribution in [1.29, 1.82) is 0 Å². The summed E-state index contributed by atoms with van der Waals surface area (Å²) < 4.78 is 9.45. The summed E-state index contributed by atoms with van der Waals surface area (Å²) in [6, 6.07) is 0. The molecule has 0 aromatic heterocycles. The molecule has 0 unspecified atom stereocenters. The molecule has 0 rings (SSSR count). The highest BCUT2D eigenvalue weighted by Crippen LogP contribution is 2.10. The molecule has 0 radical (unpaired) electrons. The molecule has 0 saturated carbocycles. The van der Waals surface area contributed by atoms with Crippen LogP contribution in [-0.4, -0.2) is 30.9 Å². The molecule has 0 fully saturated rings. The van der Waals surface area contributed by atoms with Gasteiger partial charge in [-0.1, -0.05) is 6.92 Å². The fraction of sp³-hybridized carbons (Fsp3) is 0.727. The number of carbonyl (C=O) groups excluding carboxylic acids is 3. The van der Waals surface area contributed by atoms with Crippen molar-refractivity contribution in [2.75, 3.05) is 13.2 Å². The monoisotopic (exact) mass is 230 g/mol. The van der Waals surface area contributed by atoms with Crippen molar-refractivity contribution < 1.29 is 23.9 Å². The second-order valence-electron chi connectivity index (χ2n) is 3.15. The van der Waals surface area contributed by atoms with Crippen molar-refractivity contribution in [3.8, 4) is 0 Å². The van der Waals surface area contributed by atoms with Gasteiger partial charge < -0.3 is 9.47 Å². The van der Waals surface area contributed by atoms with Gasteiger partial charge in [0.2, 0.25) is 0 Å². The Morgan fingerprint density at radius 2 is 1.38 bits per heavy atom. The van der Waals surface area contributed by atoms with Crippen LogP contribution in [0.25, 0.3) is 0 Å². The van der Waals surface area contributed by atoms with E-state index in [1.54, 1.807) is 20.8 Å². The summed E-state index contributed by atoms with van der Waals surface area (Å²) in [6.07, 6.45) is 0.142. The molecule has 0 saturated heterocycles. The van der Waals surface area contributed by atoms with Gasteiger partial charge in [0.15, 0.2) is 5.92 Å². The van der Waals surface area contributed by atoms with Gasteiger partial charge in [-0.25, -0.2) is 0 Å². The van der Waals surface area contributed by atoms with Crippen molar-refractivity contribution >= 4 is 17.7 Å². The van der Waals surface area contributed by atoms with Crippen LogP contribution in [0.4, 0.5) is 0 Å². The van der Waals surface area contributed by atoms with Gasteiger partial charge in [-0.2, -0.15) is 0 Å². The second-order valence-corrected chi connectivity index (χ2v) is 3.15. The topological polar surface area (TPSA) is 69.7 Å². The maximum atomic E-state index is 11.4. The predicted octanol–water partition coefficient (Wildman–Crippen LogP) is 1.10. The number of esters is 2. The first-order valence-electron chi connectivity index (χ1n) is 5.41. The molecule has 0 aromatic carbocycles. The van der Waals surface area contributed by atoms with Crippen LogP contribution >= 0.6 is 0 Å². The maximum Gasteiger partial charge on any atom is 0.320 e. The minimum absolute atomic E-state index is 0.145. The van der Waals surface area contributed by atoms with E-state index in [1.165, 1.54) is 0 Å². The molecular formula is C11H18O5. The highest BCUT2D eigenvalue weighted by Gasteiger charge is 2.31. The van der Waals surface area contributed by atoms with Crippen LogP contribution in [0.2, 0.25) is 0 Å². The molecule has 0 aliphatic heterocycles. The standard InChI is InChI=1S/C11H18O5/c1-4-8(12)7-9(10(13)15-5-2)11(14)16-6-3/h9H,4-7H2,1-3H3. The third kappa shape index (κ3) is 4.91. The average molecular weight is 230 g/mol. The summed E-state index contributed by atoms with van der Waals surface area (Å²) in [5.74, 6) is -2.66. The van der Waals surface area contributed by atoms with E-state index < -0.39 is 17.9 Å². The number of hydrogen-bond acceptors (Lipinski definition) is 5. The predicted molar refractivity (Wildman–Crippen MR) is 56.7 cm³/mol. The third-order valence-electron chi connectivity index (χ3n) is 1.97. The Hall–Kier alpha value is -1.39. The van der Waals surface area contributed by atoms with E-state index in [9.17, 15) is 14.4 Å². The number of rotatable bonds is 7. The maximum absolute atomic E-state index is 11.4. The fourth-order valence-electron chi connectivity index (χ4n) is 1.12. The molecule has 0 aliphatic carbocycles. The zero-order chi connectivity index (χ0) is 12.6. The molecule has 5 nitrogen and oxygen atoms in total. The second kappa shape index (κ2) is 7.84. The number of ether oxygens (including phenoxy) is 2. The van der Waals surface area contributed by atoms with Crippen molar-refractivity contribution in [2.24, 2.45) is 5.92 Å². The van der Waals surface area contributed by atoms with Crippen LogP contribution in [0.3, 0.4) is 0 Å². The summed E-state index contributed by atoms with van der Waals surface area (Å²) >= 11 is 0.